The van der Waals surface area contributed by atoms with Gasteiger partial charge in [0.15, 0.2) is 0 Å². The Labute approximate surface area is 265 Å². The average Bonchev–Trinajstić information content (AvgIpc) is 3.00. The number of hydrogen-bond acceptors (Lipinski definition) is 4. The van der Waals surface area contributed by atoms with Gasteiger partial charge in [-0.1, -0.05) is 72.3 Å². The van der Waals surface area contributed by atoms with E-state index in [1.165, 1.54) is 23.1 Å². The first kappa shape index (κ1) is 33.4. The molecule has 4 rings (SSSR count). The minimum absolute atomic E-state index is 0.0261. The van der Waals surface area contributed by atoms with E-state index in [4.69, 9.17) is 0 Å². The lowest BCUT2D eigenvalue weighted by atomic mass is 10.0. The van der Waals surface area contributed by atoms with Crippen molar-refractivity contribution in [1.82, 2.24) is 10.2 Å². The third-order valence-corrected chi connectivity index (χ3v) is 9.45. The summed E-state index contributed by atoms with van der Waals surface area (Å²) < 4.78 is 44.4. The minimum atomic E-state index is -4.22. The molecule has 0 bridgehead atoms. The van der Waals surface area contributed by atoms with Crippen molar-refractivity contribution >= 4 is 27.5 Å². The molecule has 4 aromatic rings. The third kappa shape index (κ3) is 8.36. The second kappa shape index (κ2) is 14.5. The van der Waals surface area contributed by atoms with Gasteiger partial charge in [-0.25, -0.2) is 12.8 Å². The van der Waals surface area contributed by atoms with E-state index in [2.05, 4.69) is 5.32 Å². The van der Waals surface area contributed by atoms with Crippen LogP contribution in [-0.2, 0) is 32.6 Å². The Morgan fingerprint density at radius 1 is 0.822 bits per heavy atom. The Bertz CT molecular complexity index is 1740. The highest BCUT2D eigenvalue weighted by atomic mass is 32.2. The van der Waals surface area contributed by atoms with Crippen LogP contribution in [0.5, 0.6) is 0 Å². The zero-order valence-corrected chi connectivity index (χ0v) is 27.1. The fourth-order valence-electron chi connectivity index (χ4n) is 4.99. The molecule has 236 valence electrons. The molecule has 4 aromatic carbocycles. The summed E-state index contributed by atoms with van der Waals surface area (Å²) in [7, 11) is -4.22. The molecular formula is C36H40FN3O4S. The molecule has 0 heterocycles. The normalized spacial score (nSPS) is 12.1. The monoisotopic (exact) mass is 629 g/mol. The summed E-state index contributed by atoms with van der Waals surface area (Å²) in [5.41, 5.74) is 4.02. The Hall–Kier alpha value is -4.50. The van der Waals surface area contributed by atoms with Gasteiger partial charge in [0, 0.05) is 24.6 Å². The summed E-state index contributed by atoms with van der Waals surface area (Å²) in [6.07, 6.45) is 0.147. The fourth-order valence-corrected chi connectivity index (χ4v) is 6.40. The van der Waals surface area contributed by atoms with Crippen LogP contribution in [-0.4, -0.2) is 43.8 Å². The van der Waals surface area contributed by atoms with E-state index in [1.54, 1.807) is 48.5 Å². The Balaban J connectivity index is 1.83. The Morgan fingerprint density at radius 2 is 1.47 bits per heavy atom. The molecule has 0 saturated carbocycles. The van der Waals surface area contributed by atoms with E-state index in [0.29, 0.717) is 5.69 Å². The van der Waals surface area contributed by atoms with Crippen LogP contribution in [0.1, 0.15) is 41.7 Å². The molecule has 1 N–H and O–H groups in total. The van der Waals surface area contributed by atoms with Gasteiger partial charge >= 0.3 is 0 Å². The number of carbonyl (C=O) groups excluding carboxylic acids is 2. The van der Waals surface area contributed by atoms with E-state index in [0.717, 1.165) is 26.6 Å². The average molecular weight is 630 g/mol. The number of aryl methyl sites for hydroxylation is 3. The van der Waals surface area contributed by atoms with Crippen LogP contribution in [0.25, 0.3) is 0 Å². The van der Waals surface area contributed by atoms with Crippen molar-refractivity contribution in [3.05, 3.63) is 131 Å². The van der Waals surface area contributed by atoms with Gasteiger partial charge in [0.1, 0.15) is 18.4 Å². The van der Waals surface area contributed by atoms with E-state index in [-0.39, 0.29) is 29.5 Å². The lowest BCUT2D eigenvalue weighted by Crippen LogP contribution is -2.54. The number of benzene rings is 4. The number of hydrogen-bond donors (Lipinski definition) is 1. The van der Waals surface area contributed by atoms with Crippen LogP contribution in [0.2, 0.25) is 0 Å². The fraction of sp³-hybridized carbons (Fsp3) is 0.278. The van der Waals surface area contributed by atoms with Crippen LogP contribution in [0.4, 0.5) is 10.1 Å². The highest BCUT2D eigenvalue weighted by Gasteiger charge is 2.35. The molecule has 0 radical (unpaired) electrons. The second-order valence-electron chi connectivity index (χ2n) is 11.6. The van der Waals surface area contributed by atoms with Crippen LogP contribution < -0.4 is 9.62 Å². The van der Waals surface area contributed by atoms with Crippen LogP contribution in [0, 0.1) is 26.6 Å². The predicted molar refractivity (Wildman–Crippen MR) is 176 cm³/mol. The topological polar surface area (TPSA) is 86.8 Å². The molecular weight excluding hydrogens is 589 g/mol. The quantitative estimate of drug-likeness (QED) is 0.205. The summed E-state index contributed by atoms with van der Waals surface area (Å²) in [5, 5.41) is 2.90. The standard InChI is InChI=1S/C36H40FN3O4S/c1-25(2)38-36(42)34(22-29-11-7-6-8-12-29)39(23-30-13-9-10-14-33(30)37)35(41)24-40(31-18-17-27(4)28(5)21-31)45(43,44)32-19-15-26(3)16-20-32/h6-21,25,34H,22-24H2,1-5H3,(H,38,42). The van der Waals surface area contributed by atoms with Gasteiger partial charge in [-0.05, 0) is 81.6 Å². The summed E-state index contributed by atoms with van der Waals surface area (Å²) in [6.45, 7) is 8.44. The molecule has 7 nitrogen and oxygen atoms in total. The maximum Gasteiger partial charge on any atom is 0.264 e. The number of anilines is 1. The summed E-state index contributed by atoms with van der Waals surface area (Å²) in [6, 6.07) is 25.6. The molecule has 0 aromatic heterocycles. The zero-order chi connectivity index (χ0) is 32.7. The summed E-state index contributed by atoms with van der Waals surface area (Å²) in [4.78, 5) is 29.5. The van der Waals surface area contributed by atoms with Gasteiger partial charge in [-0.3, -0.25) is 13.9 Å². The van der Waals surface area contributed by atoms with Crippen LogP contribution in [0.15, 0.2) is 102 Å². The van der Waals surface area contributed by atoms with Crippen molar-refractivity contribution in [2.45, 2.75) is 64.6 Å². The van der Waals surface area contributed by atoms with Gasteiger partial charge in [-0.2, -0.15) is 0 Å². The van der Waals surface area contributed by atoms with E-state index in [1.807, 2.05) is 65.0 Å². The van der Waals surface area contributed by atoms with Crippen molar-refractivity contribution in [2.75, 3.05) is 10.8 Å². The highest BCUT2D eigenvalue weighted by molar-refractivity contribution is 7.92. The molecule has 0 saturated heterocycles. The number of sulfonamides is 1. The number of rotatable bonds is 12. The van der Waals surface area contributed by atoms with Crippen molar-refractivity contribution in [3.8, 4) is 0 Å². The molecule has 1 atom stereocenters. The molecule has 1 unspecified atom stereocenters. The first-order valence-electron chi connectivity index (χ1n) is 14.9. The Morgan fingerprint density at radius 3 is 2.09 bits per heavy atom. The largest absolute Gasteiger partial charge is 0.352 e. The predicted octanol–water partition coefficient (Wildman–Crippen LogP) is 6.11. The number of amides is 2. The van der Waals surface area contributed by atoms with E-state index < -0.39 is 40.2 Å². The smallest absolute Gasteiger partial charge is 0.264 e. The molecule has 2 amide bonds. The highest BCUT2D eigenvalue weighted by Crippen LogP contribution is 2.27. The number of nitrogens with zero attached hydrogens (tertiary/aromatic N) is 2. The second-order valence-corrected chi connectivity index (χ2v) is 13.4. The number of carbonyl (C=O) groups is 2. The first-order chi connectivity index (χ1) is 21.4. The molecule has 9 heteroatoms. The van der Waals surface area contributed by atoms with Crippen molar-refractivity contribution in [1.29, 1.82) is 0 Å². The molecule has 0 fully saturated rings. The van der Waals surface area contributed by atoms with E-state index >= 15 is 4.39 Å². The van der Waals surface area contributed by atoms with Gasteiger partial charge < -0.3 is 10.2 Å². The van der Waals surface area contributed by atoms with Gasteiger partial charge in [-0.15, -0.1) is 0 Å². The SMILES string of the molecule is Cc1ccc(S(=O)(=O)N(CC(=O)N(Cc2ccccc2F)C(Cc2ccccc2)C(=O)NC(C)C)c2ccc(C)c(C)c2)cc1. The van der Waals surface area contributed by atoms with Crippen molar-refractivity contribution < 1.29 is 22.4 Å². The van der Waals surface area contributed by atoms with Crippen molar-refractivity contribution in [3.63, 3.8) is 0 Å². The number of nitrogens with one attached hydrogen (secondary N) is 1. The summed E-state index contributed by atoms with van der Waals surface area (Å²) >= 11 is 0. The lowest BCUT2D eigenvalue weighted by molar-refractivity contribution is -0.140. The molecule has 45 heavy (non-hydrogen) atoms. The van der Waals surface area contributed by atoms with Gasteiger partial charge in [0.25, 0.3) is 10.0 Å². The zero-order valence-electron chi connectivity index (χ0n) is 26.3. The maximum atomic E-state index is 15.0. The molecule has 0 aliphatic heterocycles. The van der Waals surface area contributed by atoms with Gasteiger partial charge in [0.05, 0.1) is 10.6 Å². The van der Waals surface area contributed by atoms with E-state index in [9.17, 15) is 18.0 Å². The third-order valence-electron chi connectivity index (χ3n) is 7.67. The first-order valence-corrected chi connectivity index (χ1v) is 16.3. The van der Waals surface area contributed by atoms with Crippen LogP contribution in [0.3, 0.4) is 0 Å². The van der Waals surface area contributed by atoms with Gasteiger partial charge in [0.2, 0.25) is 11.8 Å². The molecule has 0 aliphatic carbocycles. The summed E-state index contributed by atoms with van der Waals surface area (Å²) in [5.74, 6) is -1.60. The molecule has 0 aliphatic rings. The van der Waals surface area contributed by atoms with Crippen molar-refractivity contribution in [2.24, 2.45) is 0 Å². The molecule has 0 spiro atoms. The maximum absolute atomic E-state index is 15.0. The number of halogens is 1. The lowest BCUT2D eigenvalue weighted by Gasteiger charge is -2.34. The Kier molecular flexibility index (Phi) is 10.8. The van der Waals surface area contributed by atoms with Crippen LogP contribution >= 0.6 is 0 Å². The minimum Gasteiger partial charge on any atom is -0.352 e.